The van der Waals surface area contributed by atoms with Gasteiger partial charge in [-0.2, -0.15) is 0 Å². The van der Waals surface area contributed by atoms with E-state index in [0.717, 1.165) is 27.2 Å². The molecule has 164 valence electrons. The first-order chi connectivity index (χ1) is 16.3. The van der Waals surface area contributed by atoms with Crippen LogP contribution in [0.2, 0.25) is 5.02 Å². The van der Waals surface area contributed by atoms with Gasteiger partial charge in [0.1, 0.15) is 17.4 Å². The number of para-hydroxylation sites is 2. The van der Waals surface area contributed by atoms with E-state index in [1.807, 2.05) is 71.3 Å². The Morgan fingerprint density at radius 3 is 2.58 bits per heavy atom. The van der Waals surface area contributed by atoms with Gasteiger partial charge in [-0.25, -0.2) is 4.98 Å². The summed E-state index contributed by atoms with van der Waals surface area (Å²) in [6, 6.07) is 23.2. The average Bonchev–Trinajstić information content (AvgIpc) is 3.50. The van der Waals surface area contributed by atoms with Gasteiger partial charge in [0, 0.05) is 23.0 Å². The molecule has 0 spiro atoms. The molecular formula is C24H18ClN5OS2. The molecule has 0 atom stereocenters. The number of pyridine rings is 1. The first kappa shape index (κ1) is 21.6. The highest BCUT2D eigenvalue weighted by Crippen LogP contribution is 2.29. The summed E-state index contributed by atoms with van der Waals surface area (Å²) >= 11 is 9.40. The zero-order valence-electron chi connectivity index (χ0n) is 17.3. The van der Waals surface area contributed by atoms with Crippen molar-refractivity contribution in [1.29, 1.82) is 0 Å². The van der Waals surface area contributed by atoms with Gasteiger partial charge in [-0.05, 0) is 36.4 Å². The van der Waals surface area contributed by atoms with Crippen molar-refractivity contribution in [2.24, 2.45) is 0 Å². The van der Waals surface area contributed by atoms with Crippen LogP contribution in [0, 0.1) is 0 Å². The molecule has 33 heavy (non-hydrogen) atoms. The fourth-order valence-electron chi connectivity index (χ4n) is 3.15. The molecule has 5 rings (SSSR count). The molecule has 0 saturated carbocycles. The van der Waals surface area contributed by atoms with Crippen molar-refractivity contribution < 1.29 is 4.74 Å². The fraction of sp³-hybridized carbons (Fsp3) is 0.0833. The number of halogens is 1. The minimum atomic E-state index is 0.243. The van der Waals surface area contributed by atoms with Gasteiger partial charge < -0.3 is 4.74 Å². The third-order valence-electron chi connectivity index (χ3n) is 4.69. The second kappa shape index (κ2) is 10.2. The van der Waals surface area contributed by atoms with Crippen LogP contribution in [0.4, 0.5) is 0 Å². The summed E-state index contributed by atoms with van der Waals surface area (Å²) in [7, 11) is 0. The van der Waals surface area contributed by atoms with E-state index in [1.165, 1.54) is 0 Å². The highest BCUT2D eigenvalue weighted by Gasteiger charge is 2.16. The van der Waals surface area contributed by atoms with Crippen LogP contribution in [0.5, 0.6) is 5.75 Å². The highest BCUT2D eigenvalue weighted by molar-refractivity contribution is 7.98. The molecule has 0 unspecified atom stereocenters. The van der Waals surface area contributed by atoms with Crippen LogP contribution in [-0.2, 0) is 12.4 Å². The summed E-state index contributed by atoms with van der Waals surface area (Å²) in [5.41, 5.74) is 2.82. The van der Waals surface area contributed by atoms with Crippen LogP contribution >= 0.6 is 34.7 Å². The molecule has 0 radical (unpaired) electrons. The number of ether oxygens (including phenoxy) is 1. The number of aromatic nitrogens is 5. The number of hydrogen-bond donors (Lipinski definition) is 0. The molecule has 5 aromatic rings. The van der Waals surface area contributed by atoms with Crippen molar-refractivity contribution in [3.63, 3.8) is 0 Å². The molecule has 0 fully saturated rings. The normalized spacial score (nSPS) is 10.9. The molecule has 0 aliphatic carbocycles. The van der Waals surface area contributed by atoms with E-state index < -0.39 is 0 Å². The number of benzene rings is 2. The minimum Gasteiger partial charge on any atom is -0.484 e. The Morgan fingerprint density at radius 1 is 0.939 bits per heavy atom. The molecule has 0 aliphatic rings. The third kappa shape index (κ3) is 5.08. The average molecular weight is 492 g/mol. The monoisotopic (exact) mass is 491 g/mol. The van der Waals surface area contributed by atoms with E-state index in [1.54, 1.807) is 35.4 Å². The van der Waals surface area contributed by atoms with E-state index >= 15 is 0 Å². The molecule has 3 heterocycles. The lowest BCUT2D eigenvalue weighted by atomic mass is 10.3. The standard InChI is InChI=1S/C24H18ClN5OS2/c25-19-10-4-5-12-21(19)31-14-22-28-29-24(30(22)18-8-2-1-3-9-18)33-16-17-15-32-23(27-17)20-11-6-7-13-26-20/h1-13,15H,14,16H2. The van der Waals surface area contributed by atoms with E-state index in [9.17, 15) is 0 Å². The van der Waals surface area contributed by atoms with Gasteiger partial charge in [-0.3, -0.25) is 9.55 Å². The van der Waals surface area contributed by atoms with E-state index in [0.29, 0.717) is 22.3 Å². The lowest BCUT2D eigenvalue weighted by Crippen LogP contribution is -2.06. The predicted molar refractivity (Wildman–Crippen MR) is 132 cm³/mol. The van der Waals surface area contributed by atoms with Gasteiger partial charge in [0.25, 0.3) is 0 Å². The smallest absolute Gasteiger partial charge is 0.196 e. The Morgan fingerprint density at radius 2 is 1.76 bits per heavy atom. The summed E-state index contributed by atoms with van der Waals surface area (Å²) in [4.78, 5) is 9.11. The largest absolute Gasteiger partial charge is 0.484 e. The van der Waals surface area contributed by atoms with Crippen LogP contribution in [0.15, 0.2) is 89.5 Å². The zero-order valence-corrected chi connectivity index (χ0v) is 19.7. The van der Waals surface area contributed by atoms with Crippen LogP contribution in [0.25, 0.3) is 16.4 Å². The molecular weight excluding hydrogens is 474 g/mol. The lowest BCUT2D eigenvalue weighted by Gasteiger charge is -2.11. The predicted octanol–water partition coefficient (Wildman–Crippen LogP) is 6.31. The number of thiazole rings is 1. The van der Waals surface area contributed by atoms with Gasteiger partial charge in [-0.1, -0.05) is 59.8 Å². The van der Waals surface area contributed by atoms with Crippen molar-refractivity contribution >= 4 is 34.7 Å². The van der Waals surface area contributed by atoms with Crippen molar-refractivity contribution in [1.82, 2.24) is 24.7 Å². The van der Waals surface area contributed by atoms with Crippen molar-refractivity contribution in [3.05, 3.63) is 101 Å². The molecule has 9 heteroatoms. The van der Waals surface area contributed by atoms with Crippen LogP contribution in [0.1, 0.15) is 11.5 Å². The summed E-state index contributed by atoms with van der Waals surface area (Å²) in [5.74, 6) is 1.97. The topological polar surface area (TPSA) is 65.7 Å². The Balaban J connectivity index is 1.36. The maximum atomic E-state index is 6.23. The van der Waals surface area contributed by atoms with E-state index in [2.05, 4.69) is 20.6 Å². The number of thioether (sulfide) groups is 1. The van der Waals surface area contributed by atoms with Gasteiger partial charge >= 0.3 is 0 Å². The zero-order chi connectivity index (χ0) is 22.5. The molecule has 0 bridgehead atoms. The second-order valence-electron chi connectivity index (χ2n) is 6.94. The summed E-state index contributed by atoms with van der Waals surface area (Å²) in [6.45, 7) is 0.243. The first-order valence-electron chi connectivity index (χ1n) is 10.1. The summed E-state index contributed by atoms with van der Waals surface area (Å²) in [6.07, 6.45) is 1.78. The first-order valence-corrected chi connectivity index (χ1v) is 12.4. The Labute approximate surface area is 204 Å². The van der Waals surface area contributed by atoms with Gasteiger partial charge in [0.15, 0.2) is 11.0 Å². The maximum absolute atomic E-state index is 6.23. The molecule has 0 saturated heterocycles. The summed E-state index contributed by atoms with van der Waals surface area (Å²) < 4.78 is 7.94. The molecule has 0 amide bonds. The Hall–Kier alpha value is -3.20. The van der Waals surface area contributed by atoms with Crippen LogP contribution < -0.4 is 4.74 Å². The van der Waals surface area contributed by atoms with Crippen molar-refractivity contribution in [3.8, 4) is 22.1 Å². The molecule has 0 N–H and O–H groups in total. The van der Waals surface area contributed by atoms with Gasteiger partial charge in [0.05, 0.1) is 16.4 Å². The molecule has 6 nitrogen and oxygen atoms in total. The molecule has 2 aromatic carbocycles. The second-order valence-corrected chi connectivity index (χ2v) is 9.14. The van der Waals surface area contributed by atoms with Crippen molar-refractivity contribution in [2.45, 2.75) is 17.5 Å². The lowest BCUT2D eigenvalue weighted by molar-refractivity contribution is 0.293. The van der Waals surface area contributed by atoms with E-state index in [4.69, 9.17) is 21.3 Å². The number of hydrogen-bond acceptors (Lipinski definition) is 7. The minimum absolute atomic E-state index is 0.243. The van der Waals surface area contributed by atoms with Gasteiger partial charge in [-0.15, -0.1) is 21.5 Å². The maximum Gasteiger partial charge on any atom is 0.196 e. The SMILES string of the molecule is Clc1ccccc1OCc1nnc(SCc2csc(-c3ccccn3)n2)n1-c1ccccc1. The Kier molecular flexibility index (Phi) is 6.66. The van der Waals surface area contributed by atoms with Crippen molar-refractivity contribution in [2.75, 3.05) is 0 Å². The summed E-state index contributed by atoms with van der Waals surface area (Å²) in [5, 5.41) is 13.1. The highest BCUT2D eigenvalue weighted by atomic mass is 35.5. The van der Waals surface area contributed by atoms with Crippen LogP contribution in [-0.4, -0.2) is 24.7 Å². The van der Waals surface area contributed by atoms with Gasteiger partial charge in [0.2, 0.25) is 0 Å². The fourth-order valence-corrected chi connectivity index (χ4v) is 5.10. The quantitative estimate of drug-likeness (QED) is 0.237. The Bertz CT molecular complexity index is 1340. The number of rotatable bonds is 8. The van der Waals surface area contributed by atoms with Crippen LogP contribution in [0.3, 0.4) is 0 Å². The molecule has 0 aliphatic heterocycles. The van der Waals surface area contributed by atoms with E-state index in [-0.39, 0.29) is 6.61 Å². The molecule has 3 aromatic heterocycles. The number of nitrogens with zero attached hydrogens (tertiary/aromatic N) is 5. The third-order valence-corrected chi connectivity index (χ3v) is 6.88.